The number of piperidine rings is 2. The lowest BCUT2D eigenvalue weighted by Gasteiger charge is -2.39. The normalized spacial score (nSPS) is 20.6. The predicted octanol–water partition coefficient (Wildman–Crippen LogP) is 2.15. The van der Waals surface area contributed by atoms with E-state index in [9.17, 15) is 9.59 Å². The number of hydrogen-bond acceptors (Lipinski definition) is 6. The van der Waals surface area contributed by atoms with Crippen LogP contribution in [0.25, 0.3) is 10.9 Å². The van der Waals surface area contributed by atoms with Gasteiger partial charge in [0.1, 0.15) is 18.2 Å². The van der Waals surface area contributed by atoms with Crippen molar-refractivity contribution in [3.05, 3.63) is 18.5 Å². The maximum Gasteiger partial charge on any atom is 0.250 e. The number of nitrogens with zero attached hydrogens (tertiary/aromatic N) is 4. The SMILES string of the molecule is COc1cc2ncnc(N3CCCC(N4CCCCC4=O)C3=O)c2cc1OC. The Hall–Kier alpha value is -2.90. The first-order valence-corrected chi connectivity index (χ1v) is 9.61. The number of fused-ring (bicyclic) bond motifs is 1. The van der Waals surface area contributed by atoms with Gasteiger partial charge in [-0.05, 0) is 31.7 Å². The van der Waals surface area contributed by atoms with Gasteiger partial charge < -0.3 is 14.4 Å². The van der Waals surface area contributed by atoms with Gasteiger partial charge in [0.15, 0.2) is 11.5 Å². The van der Waals surface area contributed by atoms with Crippen molar-refractivity contribution in [2.24, 2.45) is 0 Å². The van der Waals surface area contributed by atoms with Crippen LogP contribution in [0.3, 0.4) is 0 Å². The molecule has 0 aliphatic carbocycles. The molecule has 1 aromatic carbocycles. The Morgan fingerprint density at radius 3 is 2.54 bits per heavy atom. The smallest absolute Gasteiger partial charge is 0.250 e. The molecule has 2 fully saturated rings. The topological polar surface area (TPSA) is 84.9 Å². The largest absolute Gasteiger partial charge is 0.493 e. The highest BCUT2D eigenvalue weighted by Gasteiger charge is 2.38. The second-order valence-electron chi connectivity index (χ2n) is 7.11. The van der Waals surface area contributed by atoms with E-state index < -0.39 is 6.04 Å². The van der Waals surface area contributed by atoms with E-state index in [0.29, 0.717) is 48.8 Å². The van der Waals surface area contributed by atoms with Crippen LogP contribution >= 0.6 is 0 Å². The molecule has 148 valence electrons. The van der Waals surface area contributed by atoms with Crippen LogP contribution in [-0.4, -0.2) is 60.0 Å². The molecule has 8 nitrogen and oxygen atoms in total. The molecule has 0 bridgehead atoms. The molecule has 1 atom stereocenters. The van der Waals surface area contributed by atoms with Crippen LogP contribution in [0.4, 0.5) is 5.82 Å². The third-order valence-electron chi connectivity index (χ3n) is 5.52. The van der Waals surface area contributed by atoms with Crippen LogP contribution in [0.15, 0.2) is 18.5 Å². The number of carbonyl (C=O) groups is 2. The van der Waals surface area contributed by atoms with E-state index in [1.807, 2.05) is 0 Å². The van der Waals surface area contributed by atoms with Crippen LogP contribution in [0.5, 0.6) is 11.5 Å². The number of amides is 2. The van der Waals surface area contributed by atoms with E-state index in [0.717, 1.165) is 24.6 Å². The van der Waals surface area contributed by atoms with Crippen LogP contribution in [-0.2, 0) is 9.59 Å². The maximum absolute atomic E-state index is 13.3. The minimum absolute atomic E-state index is 0.0729. The second kappa shape index (κ2) is 7.61. The number of rotatable bonds is 4. The van der Waals surface area contributed by atoms with Gasteiger partial charge in [-0.3, -0.25) is 14.5 Å². The van der Waals surface area contributed by atoms with Gasteiger partial charge in [-0.2, -0.15) is 0 Å². The summed E-state index contributed by atoms with van der Waals surface area (Å²) >= 11 is 0. The second-order valence-corrected chi connectivity index (χ2v) is 7.11. The first-order valence-electron chi connectivity index (χ1n) is 9.61. The third-order valence-corrected chi connectivity index (χ3v) is 5.52. The van der Waals surface area contributed by atoms with E-state index in [1.54, 1.807) is 36.2 Å². The van der Waals surface area contributed by atoms with Crippen LogP contribution in [0, 0.1) is 0 Å². The van der Waals surface area contributed by atoms with Gasteiger partial charge in [0, 0.05) is 31.0 Å². The van der Waals surface area contributed by atoms with Gasteiger partial charge in [-0.1, -0.05) is 0 Å². The average molecular weight is 384 g/mol. The van der Waals surface area contributed by atoms with E-state index in [4.69, 9.17) is 9.47 Å². The van der Waals surface area contributed by atoms with Crippen molar-refractivity contribution >= 4 is 28.5 Å². The van der Waals surface area contributed by atoms with Gasteiger partial charge >= 0.3 is 0 Å². The summed E-state index contributed by atoms with van der Waals surface area (Å²) in [4.78, 5) is 37.8. The highest BCUT2D eigenvalue weighted by Crippen LogP contribution is 2.36. The summed E-state index contributed by atoms with van der Waals surface area (Å²) in [5, 5.41) is 0.721. The Bertz CT molecular complexity index is 916. The lowest BCUT2D eigenvalue weighted by Crippen LogP contribution is -2.55. The van der Waals surface area contributed by atoms with Gasteiger partial charge in [0.25, 0.3) is 5.91 Å². The van der Waals surface area contributed by atoms with Crippen LogP contribution < -0.4 is 14.4 Å². The van der Waals surface area contributed by atoms with Gasteiger partial charge in [0.2, 0.25) is 5.91 Å². The molecule has 0 spiro atoms. The monoisotopic (exact) mass is 384 g/mol. The molecule has 0 saturated carbocycles. The molecule has 8 heteroatoms. The minimum Gasteiger partial charge on any atom is -0.493 e. The van der Waals surface area contributed by atoms with E-state index in [1.165, 1.54) is 6.33 Å². The molecule has 4 rings (SSSR count). The summed E-state index contributed by atoms with van der Waals surface area (Å²) in [6, 6.07) is 3.16. The summed E-state index contributed by atoms with van der Waals surface area (Å²) < 4.78 is 10.8. The number of benzene rings is 1. The van der Waals surface area contributed by atoms with Crippen molar-refractivity contribution in [1.29, 1.82) is 0 Å². The first kappa shape index (κ1) is 18.5. The lowest BCUT2D eigenvalue weighted by molar-refractivity contribution is -0.142. The maximum atomic E-state index is 13.3. The van der Waals surface area contributed by atoms with Crippen LogP contribution in [0.2, 0.25) is 0 Å². The fourth-order valence-corrected chi connectivity index (χ4v) is 4.10. The molecule has 0 radical (unpaired) electrons. The van der Waals surface area contributed by atoms with E-state index in [-0.39, 0.29) is 11.8 Å². The minimum atomic E-state index is -0.410. The Morgan fingerprint density at radius 2 is 1.79 bits per heavy atom. The van der Waals surface area contributed by atoms with Crippen LogP contribution in [0.1, 0.15) is 32.1 Å². The Kier molecular flexibility index (Phi) is 5.02. The van der Waals surface area contributed by atoms with Crippen molar-refractivity contribution in [1.82, 2.24) is 14.9 Å². The molecule has 0 N–H and O–H groups in total. The molecular formula is C20H24N4O4. The highest BCUT2D eigenvalue weighted by atomic mass is 16.5. The van der Waals surface area contributed by atoms with Crippen molar-refractivity contribution < 1.29 is 19.1 Å². The molecule has 2 aromatic rings. The molecule has 3 heterocycles. The summed E-state index contributed by atoms with van der Waals surface area (Å²) in [5.41, 5.74) is 0.673. The summed E-state index contributed by atoms with van der Waals surface area (Å²) in [5.74, 6) is 1.67. The lowest BCUT2D eigenvalue weighted by atomic mass is 9.99. The molecular weight excluding hydrogens is 360 g/mol. The number of likely N-dealkylation sites (tertiary alicyclic amines) is 1. The average Bonchev–Trinajstić information content (AvgIpc) is 2.73. The summed E-state index contributed by atoms with van der Waals surface area (Å²) in [6.07, 6.45) is 5.34. The van der Waals surface area contributed by atoms with Crippen molar-refractivity contribution in [3.8, 4) is 11.5 Å². The summed E-state index contributed by atoms with van der Waals surface area (Å²) in [6.45, 7) is 1.22. The number of hydrogen-bond donors (Lipinski definition) is 0. The number of aromatic nitrogens is 2. The quantitative estimate of drug-likeness (QED) is 0.803. The van der Waals surface area contributed by atoms with Gasteiger partial charge in [-0.25, -0.2) is 9.97 Å². The zero-order chi connectivity index (χ0) is 19.7. The van der Waals surface area contributed by atoms with Crippen molar-refractivity contribution in [3.63, 3.8) is 0 Å². The van der Waals surface area contributed by atoms with Gasteiger partial charge in [-0.15, -0.1) is 0 Å². The Morgan fingerprint density at radius 1 is 1.00 bits per heavy atom. The molecule has 1 unspecified atom stereocenters. The van der Waals surface area contributed by atoms with Crippen molar-refractivity contribution in [2.75, 3.05) is 32.2 Å². The first-order chi connectivity index (χ1) is 13.6. The third kappa shape index (κ3) is 3.12. The number of carbonyl (C=O) groups excluding carboxylic acids is 2. The molecule has 2 amide bonds. The number of ether oxygens (including phenoxy) is 2. The molecule has 1 aromatic heterocycles. The number of methoxy groups -OCH3 is 2. The Labute approximate surface area is 163 Å². The van der Waals surface area contributed by atoms with E-state index in [2.05, 4.69) is 9.97 Å². The molecule has 2 saturated heterocycles. The molecule has 2 aliphatic rings. The zero-order valence-corrected chi connectivity index (χ0v) is 16.2. The Balaban J connectivity index is 1.72. The summed E-state index contributed by atoms with van der Waals surface area (Å²) in [7, 11) is 3.14. The molecule has 28 heavy (non-hydrogen) atoms. The van der Waals surface area contributed by atoms with E-state index >= 15 is 0 Å². The zero-order valence-electron chi connectivity index (χ0n) is 16.2. The molecule has 2 aliphatic heterocycles. The van der Waals surface area contributed by atoms with Crippen molar-refractivity contribution in [2.45, 2.75) is 38.1 Å². The number of anilines is 1. The fourth-order valence-electron chi connectivity index (χ4n) is 4.10. The highest BCUT2D eigenvalue weighted by molar-refractivity contribution is 6.05. The van der Waals surface area contributed by atoms with Gasteiger partial charge in [0.05, 0.1) is 19.7 Å². The predicted molar refractivity (Wildman–Crippen MR) is 104 cm³/mol. The fraction of sp³-hybridized carbons (Fsp3) is 0.500. The standard InChI is InChI=1S/C20H24N4O4/c1-27-16-10-13-14(11-17(16)28-2)21-12-22-19(13)24-9-5-6-15(20(24)26)23-8-4-3-7-18(23)25/h10-12,15H,3-9H2,1-2H3.